The van der Waals surface area contributed by atoms with E-state index >= 15 is 0 Å². The summed E-state index contributed by atoms with van der Waals surface area (Å²) in [6.07, 6.45) is 0. The molecular formula is C16H15Cl2N3O2. The quantitative estimate of drug-likeness (QED) is 0.772. The molecule has 5 nitrogen and oxygen atoms in total. The van der Waals surface area contributed by atoms with Gasteiger partial charge in [-0.1, -0.05) is 23.2 Å². The molecule has 0 unspecified atom stereocenters. The van der Waals surface area contributed by atoms with Crippen molar-refractivity contribution in [3.63, 3.8) is 0 Å². The Bertz CT molecular complexity index is 698. The Morgan fingerprint density at radius 3 is 2.13 bits per heavy atom. The number of carbonyl (C=O) groups is 2. The molecule has 3 N–H and O–H groups in total. The van der Waals surface area contributed by atoms with E-state index in [1.54, 1.807) is 49.5 Å². The minimum atomic E-state index is -0.228. The summed E-state index contributed by atoms with van der Waals surface area (Å²) in [6.45, 7) is 0.0634. The Morgan fingerprint density at radius 2 is 1.57 bits per heavy atom. The van der Waals surface area contributed by atoms with Gasteiger partial charge in [-0.3, -0.25) is 9.59 Å². The average molecular weight is 352 g/mol. The number of amides is 2. The van der Waals surface area contributed by atoms with Gasteiger partial charge in [0.1, 0.15) is 0 Å². The van der Waals surface area contributed by atoms with Crippen LogP contribution < -0.4 is 16.0 Å². The molecule has 7 heteroatoms. The molecule has 2 rings (SSSR count). The molecule has 2 amide bonds. The van der Waals surface area contributed by atoms with Crippen molar-refractivity contribution in [2.45, 2.75) is 0 Å². The van der Waals surface area contributed by atoms with Crippen LogP contribution in [0.3, 0.4) is 0 Å². The summed E-state index contributed by atoms with van der Waals surface area (Å²) in [4.78, 5) is 23.3. The zero-order valence-electron chi connectivity index (χ0n) is 12.3. The van der Waals surface area contributed by atoms with Gasteiger partial charge in [0.25, 0.3) is 5.91 Å². The highest BCUT2D eigenvalue weighted by Crippen LogP contribution is 2.22. The minimum absolute atomic E-state index is 0.0634. The molecule has 120 valence electrons. The summed E-state index contributed by atoms with van der Waals surface area (Å²) in [7, 11) is 1.56. The molecule has 2 aromatic rings. The van der Waals surface area contributed by atoms with Gasteiger partial charge in [0.15, 0.2) is 0 Å². The van der Waals surface area contributed by atoms with Gasteiger partial charge >= 0.3 is 0 Å². The normalized spacial score (nSPS) is 10.0. The van der Waals surface area contributed by atoms with Crippen LogP contribution in [0.15, 0.2) is 42.5 Å². The molecule has 0 aliphatic rings. The van der Waals surface area contributed by atoms with E-state index in [1.165, 1.54) is 0 Å². The number of carbonyl (C=O) groups excluding carboxylic acids is 2. The SMILES string of the molecule is CNC(=O)c1ccc(NC(=O)CNc2cc(Cl)cc(Cl)c2)cc1. The first kappa shape index (κ1) is 17.1. The van der Waals surface area contributed by atoms with Gasteiger partial charge in [-0.25, -0.2) is 0 Å². The third-order valence-corrected chi connectivity index (χ3v) is 3.41. The highest BCUT2D eigenvalue weighted by atomic mass is 35.5. The van der Waals surface area contributed by atoms with E-state index in [9.17, 15) is 9.59 Å². The van der Waals surface area contributed by atoms with Crippen LogP contribution in [-0.4, -0.2) is 25.4 Å². The topological polar surface area (TPSA) is 70.2 Å². The second-order valence-corrected chi connectivity index (χ2v) is 5.59. The standard InChI is InChI=1S/C16H15Cl2N3O2/c1-19-16(23)10-2-4-13(5-3-10)21-15(22)9-20-14-7-11(17)6-12(18)8-14/h2-8,20H,9H2,1H3,(H,19,23)(H,21,22). The van der Waals surface area contributed by atoms with Crippen molar-refractivity contribution in [1.82, 2.24) is 5.32 Å². The first-order valence-corrected chi connectivity index (χ1v) is 7.55. The van der Waals surface area contributed by atoms with E-state index < -0.39 is 0 Å². The van der Waals surface area contributed by atoms with E-state index in [0.29, 0.717) is 27.0 Å². The van der Waals surface area contributed by atoms with Crippen molar-refractivity contribution in [2.75, 3.05) is 24.2 Å². The highest BCUT2D eigenvalue weighted by Gasteiger charge is 2.06. The lowest BCUT2D eigenvalue weighted by molar-refractivity contribution is -0.114. The summed E-state index contributed by atoms with van der Waals surface area (Å²) < 4.78 is 0. The number of benzene rings is 2. The van der Waals surface area contributed by atoms with Crippen LogP contribution >= 0.6 is 23.2 Å². The zero-order chi connectivity index (χ0) is 16.8. The van der Waals surface area contributed by atoms with E-state index in [1.807, 2.05) is 0 Å². The number of nitrogens with one attached hydrogen (secondary N) is 3. The van der Waals surface area contributed by atoms with Gasteiger partial charge in [0.05, 0.1) is 6.54 Å². The van der Waals surface area contributed by atoms with E-state index in [0.717, 1.165) is 0 Å². The van der Waals surface area contributed by atoms with Gasteiger partial charge in [-0.2, -0.15) is 0 Å². The smallest absolute Gasteiger partial charge is 0.251 e. The molecule has 0 aliphatic heterocycles. The van der Waals surface area contributed by atoms with Gasteiger partial charge in [0.2, 0.25) is 5.91 Å². The van der Waals surface area contributed by atoms with Crippen molar-refractivity contribution in [2.24, 2.45) is 0 Å². The van der Waals surface area contributed by atoms with Crippen molar-refractivity contribution >= 4 is 46.4 Å². The summed E-state index contributed by atoms with van der Waals surface area (Å²) in [5.41, 5.74) is 1.79. The lowest BCUT2D eigenvalue weighted by atomic mass is 10.2. The second-order valence-electron chi connectivity index (χ2n) is 4.72. The molecule has 0 heterocycles. The van der Waals surface area contributed by atoms with Crippen LogP contribution in [0.4, 0.5) is 11.4 Å². The maximum atomic E-state index is 11.9. The maximum absolute atomic E-state index is 11.9. The van der Waals surface area contributed by atoms with Crippen LogP contribution in [-0.2, 0) is 4.79 Å². The first-order chi connectivity index (χ1) is 11.0. The van der Waals surface area contributed by atoms with Crippen molar-refractivity contribution in [3.8, 4) is 0 Å². The first-order valence-electron chi connectivity index (χ1n) is 6.80. The number of hydrogen-bond acceptors (Lipinski definition) is 3. The second kappa shape index (κ2) is 7.85. The molecule has 0 saturated heterocycles. The highest BCUT2D eigenvalue weighted by molar-refractivity contribution is 6.35. The predicted octanol–water partition coefficient (Wildman–Crippen LogP) is 3.40. The number of anilines is 2. The average Bonchev–Trinajstić information content (AvgIpc) is 2.52. The number of halogens is 2. The van der Waals surface area contributed by atoms with Crippen LogP contribution in [0.25, 0.3) is 0 Å². The van der Waals surface area contributed by atoms with Crippen molar-refractivity contribution in [3.05, 3.63) is 58.1 Å². The Morgan fingerprint density at radius 1 is 0.957 bits per heavy atom. The summed E-state index contributed by atoms with van der Waals surface area (Å²) in [6, 6.07) is 11.6. The van der Waals surface area contributed by atoms with Gasteiger partial charge in [-0.15, -0.1) is 0 Å². The summed E-state index contributed by atoms with van der Waals surface area (Å²) in [5, 5.41) is 9.18. The molecule has 0 atom stereocenters. The molecule has 0 aliphatic carbocycles. The Labute approximate surface area is 144 Å². The fourth-order valence-corrected chi connectivity index (χ4v) is 2.42. The number of hydrogen-bond donors (Lipinski definition) is 3. The molecule has 0 fully saturated rings. The molecule has 2 aromatic carbocycles. The molecule has 0 saturated carbocycles. The fraction of sp³-hybridized carbons (Fsp3) is 0.125. The lowest BCUT2D eigenvalue weighted by Gasteiger charge is -2.09. The molecule has 0 bridgehead atoms. The van der Waals surface area contributed by atoms with E-state index in [-0.39, 0.29) is 18.4 Å². The molecule has 0 spiro atoms. The van der Waals surface area contributed by atoms with Crippen molar-refractivity contribution in [1.29, 1.82) is 0 Å². The Balaban J connectivity index is 1.90. The van der Waals surface area contributed by atoms with Crippen LogP contribution in [0, 0.1) is 0 Å². The number of rotatable bonds is 5. The molecule has 0 radical (unpaired) electrons. The van der Waals surface area contributed by atoms with Gasteiger partial charge < -0.3 is 16.0 Å². The van der Waals surface area contributed by atoms with Crippen LogP contribution in [0.2, 0.25) is 10.0 Å². The van der Waals surface area contributed by atoms with Gasteiger partial charge in [-0.05, 0) is 42.5 Å². The molecule has 23 heavy (non-hydrogen) atoms. The summed E-state index contributed by atoms with van der Waals surface area (Å²) >= 11 is 11.8. The third kappa shape index (κ3) is 5.16. The predicted molar refractivity (Wildman–Crippen MR) is 93.4 cm³/mol. The minimum Gasteiger partial charge on any atom is -0.376 e. The monoisotopic (exact) mass is 351 g/mol. The molecular weight excluding hydrogens is 337 g/mol. The van der Waals surface area contributed by atoms with Crippen molar-refractivity contribution < 1.29 is 9.59 Å². The Kier molecular flexibility index (Phi) is 5.84. The lowest BCUT2D eigenvalue weighted by Crippen LogP contribution is -2.22. The van der Waals surface area contributed by atoms with Crippen LogP contribution in [0.1, 0.15) is 10.4 Å². The van der Waals surface area contributed by atoms with Crippen LogP contribution in [0.5, 0.6) is 0 Å². The van der Waals surface area contributed by atoms with E-state index in [2.05, 4.69) is 16.0 Å². The van der Waals surface area contributed by atoms with E-state index in [4.69, 9.17) is 23.2 Å². The zero-order valence-corrected chi connectivity index (χ0v) is 13.8. The van der Waals surface area contributed by atoms with Gasteiger partial charge in [0, 0.05) is 34.0 Å². The summed E-state index contributed by atoms with van der Waals surface area (Å²) in [5.74, 6) is -0.406. The fourth-order valence-electron chi connectivity index (χ4n) is 1.89. The molecule has 0 aromatic heterocycles. The maximum Gasteiger partial charge on any atom is 0.251 e. The largest absolute Gasteiger partial charge is 0.376 e. The Hall–Kier alpha value is -2.24. The third-order valence-electron chi connectivity index (χ3n) is 2.97.